The zero-order chi connectivity index (χ0) is 15.6. The first kappa shape index (κ1) is 16.3. The SMILES string of the molecule is CC(=O)N1CCN(C(C)C(=O)N2CC(C)CC(C)C2)CC1. The van der Waals surface area contributed by atoms with E-state index in [-0.39, 0.29) is 17.9 Å². The highest BCUT2D eigenvalue weighted by Crippen LogP contribution is 2.22. The summed E-state index contributed by atoms with van der Waals surface area (Å²) in [5, 5.41) is 0. The van der Waals surface area contributed by atoms with Crippen LogP contribution in [0.5, 0.6) is 0 Å². The van der Waals surface area contributed by atoms with Crippen molar-refractivity contribution in [2.45, 2.75) is 40.2 Å². The molecule has 3 atom stereocenters. The molecule has 0 spiro atoms. The van der Waals surface area contributed by atoms with E-state index in [1.54, 1.807) is 6.92 Å². The summed E-state index contributed by atoms with van der Waals surface area (Å²) in [6.07, 6.45) is 1.22. The zero-order valence-electron chi connectivity index (χ0n) is 13.8. The molecule has 2 rings (SSSR count). The van der Waals surface area contributed by atoms with E-state index in [0.29, 0.717) is 11.8 Å². The Hall–Kier alpha value is -1.10. The van der Waals surface area contributed by atoms with Gasteiger partial charge in [0, 0.05) is 46.2 Å². The van der Waals surface area contributed by atoms with E-state index in [1.807, 2.05) is 16.7 Å². The Morgan fingerprint density at radius 2 is 1.48 bits per heavy atom. The zero-order valence-corrected chi connectivity index (χ0v) is 13.8. The van der Waals surface area contributed by atoms with Gasteiger partial charge in [0.25, 0.3) is 0 Å². The van der Waals surface area contributed by atoms with E-state index in [2.05, 4.69) is 18.7 Å². The summed E-state index contributed by atoms with van der Waals surface area (Å²) in [6.45, 7) is 12.9. The van der Waals surface area contributed by atoms with E-state index >= 15 is 0 Å². The van der Waals surface area contributed by atoms with Gasteiger partial charge >= 0.3 is 0 Å². The van der Waals surface area contributed by atoms with Gasteiger partial charge in [0.1, 0.15) is 0 Å². The predicted octanol–water partition coefficient (Wildman–Crippen LogP) is 1.04. The van der Waals surface area contributed by atoms with Crippen molar-refractivity contribution in [3.05, 3.63) is 0 Å². The van der Waals surface area contributed by atoms with Gasteiger partial charge in [-0.1, -0.05) is 13.8 Å². The third kappa shape index (κ3) is 3.96. The molecule has 0 aromatic carbocycles. The first-order valence-corrected chi connectivity index (χ1v) is 8.16. The third-order valence-electron chi connectivity index (χ3n) is 4.85. The second-order valence-electron chi connectivity index (χ2n) is 6.91. The smallest absolute Gasteiger partial charge is 0.239 e. The lowest BCUT2D eigenvalue weighted by Crippen LogP contribution is -2.56. The normalized spacial score (nSPS) is 29.3. The van der Waals surface area contributed by atoms with Gasteiger partial charge in [0.2, 0.25) is 11.8 Å². The predicted molar refractivity (Wildman–Crippen MR) is 82.8 cm³/mol. The van der Waals surface area contributed by atoms with Crippen LogP contribution in [0.25, 0.3) is 0 Å². The quantitative estimate of drug-likeness (QED) is 0.765. The average Bonchev–Trinajstić information content (AvgIpc) is 2.44. The van der Waals surface area contributed by atoms with E-state index in [4.69, 9.17) is 0 Å². The van der Waals surface area contributed by atoms with Crippen molar-refractivity contribution in [3.63, 3.8) is 0 Å². The summed E-state index contributed by atoms with van der Waals surface area (Å²) in [4.78, 5) is 30.2. The van der Waals surface area contributed by atoms with Crippen molar-refractivity contribution >= 4 is 11.8 Å². The van der Waals surface area contributed by atoms with Gasteiger partial charge < -0.3 is 9.80 Å². The van der Waals surface area contributed by atoms with Crippen LogP contribution >= 0.6 is 0 Å². The summed E-state index contributed by atoms with van der Waals surface area (Å²) < 4.78 is 0. The number of piperidine rings is 1. The van der Waals surface area contributed by atoms with Crippen LogP contribution < -0.4 is 0 Å². The van der Waals surface area contributed by atoms with E-state index in [0.717, 1.165) is 39.3 Å². The van der Waals surface area contributed by atoms with E-state index in [1.165, 1.54) is 6.42 Å². The van der Waals surface area contributed by atoms with Gasteiger partial charge in [-0.05, 0) is 25.2 Å². The van der Waals surface area contributed by atoms with Gasteiger partial charge in [0.05, 0.1) is 6.04 Å². The lowest BCUT2D eigenvalue weighted by molar-refractivity contribution is -0.140. The molecule has 5 nitrogen and oxygen atoms in total. The number of likely N-dealkylation sites (tertiary alicyclic amines) is 1. The molecule has 0 N–H and O–H groups in total. The molecule has 0 aromatic rings. The number of hydrogen-bond donors (Lipinski definition) is 0. The Kier molecular flexibility index (Phi) is 5.25. The summed E-state index contributed by atoms with van der Waals surface area (Å²) in [5.74, 6) is 1.58. The van der Waals surface area contributed by atoms with Crippen molar-refractivity contribution in [2.75, 3.05) is 39.3 Å². The maximum absolute atomic E-state index is 12.7. The fraction of sp³-hybridized carbons (Fsp3) is 0.875. The van der Waals surface area contributed by atoms with Gasteiger partial charge in [-0.3, -0.25) is 14.5 Å². The fourth-order valence-corrected chi connectivity index (χ4v) is 3.69. The van der Waals surface area contributed by atoms with Crippen LogP contribution in [-0.4, -0.2) is 71.8 Å². The first-order valence-electron chi connectivity index (χ1n) is 8.16. The molecule has 120 valence electrons. The highest BCUT2D eigenvalue weighted by molar-refractivity contribution is 5.81. The molecule has 2 fully saturated rings. The molecule has 0 aliphatic carbocycles. The molecular weight excluding hydrogens is 266 g/mol. The second kappa shape index (κ2) is 6.77. The van der Waals surface area contributed by atoms with Crippen molar-refractivity contribution in [2.24, 2.45) is 11.8 Å². The summed E-state index contributed by atoms with van der Waals surface area (Å²) in [5.41, 5.74) is 0. The summed E-state index contributed by atoms with van der Waals surface area (Å²) >= 11 is 0. The Labute approximate surface area is 128 Å². The summed E-state index contributed by atoms with van der Waals surface area (Å²) in [7, 11) is 0. The van der Waals surface area contributed by atoms with E-state index in [9.17, 15) is 9.59 Å². The van der Waals surface area contributed by atoms with Crippen LogP contribution in [0.1, 0.15) is 34.1 Å². The van der Waals surface area contributed by atoms with Gasteiger partial charge in [-0.15, -0.1) is 0 Å². The lowest BCUT2D eigenvalue weighted by Gasteiger charge is -2.41. The fourth-order valence-electron chi connectivity index (χ4n) is 3.69. The number of piperazine rings is 1. The average molecular weight is 295 g/mol. The largest absolute Gasteiger partial charge is 0.341 e. The van der Waals surface area contributed by atoms with Crippen LogP contribution in [-0.2, 0) is 9.59 Å². The molecule has 2 saturated heterocycles. The second-order valence-corrected chi connectivity index (χ2v) is 6.91. The molecule has 2 aliphatic heterocycles. The van der Waals surface area contributed by atoms with Gasteiger partial charge in [-0.25, -0.2) is 0 Å². The molecule has 2 heterocycles. The number of carbonyl (C=O) groups excluding carboxylic acids is 2. The van der Waals surface area contributed by atoms with Crippen LogP contribution in [0.4, 0.5) is 0 Å². The molecule has 0 radical (unpaired) electrons. The molecule has 21 heavy (non-hydrogen) atoms. The van der Waals surface area contributed by atoms with Crippen molar-refractivity contribution in [1.82, 2.24) is 14.7 Å². The number of nitrogens with zero attached hydrogens (tertiary/aromatic N) is 3. The number of amides is 2. The van der Waals surface area contributed by atoms with Gasteiger partial charge in [-0.2, -0.15) is 0 Å². The molecular formula is C16H29N3O2. The maximum Gasteiger partial charge on any atom is 0.239 e. The number of hydrogen-bond acceptors (Lipinski definition) is 3. The Bertz CT molecular complexity index is 381. The van der Waals surface area contributed by atoms with Crippen molar-refractivity contribution in [3.8, 4) is 0 Å². The first-order chi connectivity index (χ1) is 9.88. The highest BCUT2D eigenvalue weighted by atomic mass is 16.2. The molecule has 0 saturated carbocycles. The van der Waals surface area contributed by atoms with Crippen molar-refractivity contribution < 1.29 is 9.59 Å². The minimum Gasteiger partial charge on any atom is -0.341 e. The Morgan fingerprint density at radius 1 is 0.952 bits per heavy atom. The van der Waals surface area contributed by atoms with Crippen LogP contribution in [0.2, 0.25) is 0 Å². The number of rotatable bonds is 2. The Balaban J connectivity index is 1.89. The van der Waals surface area contributed by atoms with E-state index < -0.39 is 0 Å². The molecule has 3 unspecified atom stereocenters. The maximum atomic E-state index is 12.7. The minimum absolute atomic E-state index is 0.0726. The summed E-state index contributed by atoms with van der Waals surface area (Å²) in [6, 6.07) is -0.0726. The molecule has 2 amide bonds. The minimum atomic E-state index is -0.0726. The van der Waals surface area contributed by atoms with Crippen LogP contribution in [0.3, 0.4) is 0 Å². The standard InChI is InChI=1S/C16H29N3O2/c1-12-9-13(2)11-19(10-12)16(21)14(3)17-5-7-18(8-6-17)15(4)20/h12-14H,5-11H2,1-4H3. The Morgan fingerprint density at radius 3 is 1.95 bits per heavy atom. The van der Waals surface area contributed by atoms with Crippen LogP contribution in [0.15, 0.2) is 0 Å². The third-order valence-corrected chi connectivity index (χ3v) is 4.85. The monoisotopic (exact) mass is 295 g/mol. The lowest BCUT2D eigenvalue weighted by atomic mass is 9.91. The molecule has 0 aromatic heterocycles. The topological polar surface area (TPSA) is 43.9 Å². The molecule has 2 aliphatic rings. The van der Waals surface area contributed by atoms with Crippen molar-refractivity contribution in [1.29, 1.82) is 0 Å². The highest BCUT2D eigenvalue weighted by Gasteiger charge is 2.32. The van der Waals surface area contributed by atoms with Crippen LogP contribution in [0, 0.1) is 11.8 Å². The molecule has 5 heteroatoms. The van der Waals surface area contributed by atoms with Gasteiger partial charge in [0.15, 0.2) is 0 Å². The molecule has 0 bridgehead atoms. The number of carbonyl (C=O) groups is 2.